The first-order valence-corrected chi connectivity index (χ1v) is 5.62. The second-order valence-corrected chi connectivity index (χ2v) is 4.24. The van der Waals surface area contributed by atoms with E-state index in [1.165, 1.54) is 4.90 Å². The van der Waals surface area contributed by atoms with E-state index in [4.69, 9.17) is 11.6 Å². The number of amides is 2. The van der Waals surface area contributed by atoms with Crippen molar-refractivity contribution in [2.75, 3.05) is 20.6 Å². The molecule has 1 N–H and O–H groups in total. The number of nitrogens with zero attached hydrogens (tertiary/aromatic N) is 1. The lowest BCUT2D eigenvalue weighted by atomic mass is 10.2. The van der Waals surface area contributed by atoms with Crippen LogP contribution in [0.25, 0.3) is 0 Å². The van der Waals surface area contributed by atoms with E-state index in [1.54, 1.807) is 38.4 Å². The molecule has 0 atom stereocenters. The molecule has 0 fully saturated rings. The van der Waals surface area contributed by atoms with E-state index in [2.05, 4.69) is 5.32 Å². The van der Waals surface area contributed by atoms with Crippen LogP contribution in [0.15, 0.2) is 24.3 Å². The van der Waals surface area contributed by atoms with Gasteiger partial charge in [-0.25, -0.2) is 0 Å². The van der Waals surface area contributed by atoms with Crippen molar-refractivity contribution in [1.82, 2.24) is 10.2 Å². The summed E-state index contributed by atoms with van der Waals surface area (Å²) in [7, 11) is 3.37. The van der Waals surface area contributed by atoms with Gasteiger partial charge in [-0.2, -0.15) is 0 Å². The molecule has 0 saturated heterocycles. The molecular weight excluding hydrogens is 240 g/mol. The van der Waals surface area contributed by atoms with Crippen LogP contribution >= 0.6 is 11.6 Å². The van der Waals surface area contributed by atoms with Crippen LogP contribution in [0.3, 0.4) is 0 Å². The number of halogens is 1. The third-order valence-corrected chi connectivity index (χ3v) is 2.48. The minimum atomic E-state index is -0.201. The van der Waals surface area contributed by atoms with Crippen LogP contribution in [-0.2, 0) is 4.79 Å². The molecule has 0 saturated carbocycles. The largest absolute Gasteiger partial charge is 0.352 e. The third-order valence-electron chi connectivity index (χ3n) is 2.23. The maximum atomic E-state index is 11.6. The molecule has 2 amide bonds. The van der Waals surface area contributed by atoms with Crippen LogP contribution in [0, 0.1) is 0 Å². The first-order chi connectivity index (χ1) is 8.00. The fourth-order valence-electron chi connectivity index (χ4n) is 1.21. The second kappa shape index (κ2) is 6.25. The average Bonchev–Trinajstić information content (AvgIpc) is 2.29. The quantitative estimate of drug-likeness (QED) is 0.886. The molecular formula is C12H15ClN2O2. The standard InChI is InChI=1S/C12H15ClN2O2/c1-15(2)11(16)7-8-14-12(17)9-3-5-10(13)6-4-9/h3-6H,7-8H2,1-2H3,(H,14,17). The summed E-state index contributed by atoms with van der Waals surface area (Å²) in [5.41, 5.74) is 0.534. The molecule has 4 nitrogen and oxygen atoms in total. The molecule has 0 radical (unpaired) electrons. The molecule has 1 aromatic carbocycles. The summed E-state index contributed by atoms with van der Waals surface area (Å²) in [6, 6.07) is 6.60. The molecule has 0 aliphatic rings. The highest BCUT2D eigenvalue weighted by Crippen LogP contribution is 2.09. The van der Waals surface area contributed by atoms with Gasteiger partial charge in [-0.05, 0) is 24.3 Å². The van der Waals surface area contributed by atoms with Crippen molar-refractivity contribution in [3.05, 3.63) is 34.9 Å². The summed E-state index contributed by atoms with van der Waals surface area (Å²) in [6.07, 6.45) is 0.298. The summed E-state index contributed by atoms with van der Waals surface area (Å²) in [4.78, 5) is 24.4. The van der Waals surface area contributed by atoms with E-state index in [1.807, 2.05) is 0 Å². The third kappa shape index (κ3) is 4.44. The number of carbonyl (C=O) groups excluding carboxylic acids is 2. The van der Waals surface area contributed by atoms with Gasteiger partial charge in [0.2, 0.25) is 5.91 Å². The van der Waals surface area contributed by atoms with Crippen molar-refractivity contribution >= 4 is 23.4 Å². The van der Waals surface area contributed by atoms with Gasteiger partial charge in [-0.15, -0.1) is 0 Å². The Kier molecular flexibility index (Phi) is 4.97. The lowest BCUT2D eigenvalue weighted by Crippen LogP contribution is -2.30. The lowest BCUT2D eigenvalue weighted by Gasteiger charge is -2.10. The smallest absolute Gasteiger partial charge is 0.251 e. The summed E-state index contributed by atoms with van der Waals surface area (Å²) in [6.45, 7) is 0.332. The van der Waals surface area contributed by atoms with Crippen LogP contribution in [0.4, 0.5) is 0 Å². The van der Waals surface area contributed by atoms with Crippen LogP contribution in [-0.4, -0.2) is 37.4 Å². The van der Waals surface area contributed by atoms with Crippen LogP contribution < -0.4 is 5.32 Å². The molecule has 0 aromatic heterocycles. The number of carbonyl (C=O) groups is 2. The highest BCUT2D eigenvalue weighted by atomic mass is 35.5. The van der Waals surface area contributed by atoms with Crippen molar-refractivity contribution in [3.63, 3.8) is 0 Å². The molecule has 0 aliphatic heterocycles. The molecule has 1 rings (SSSR count). The molecule has 0 unspecified atom stereocenters. The monoisotopic (exact) mass is 254 g/mol. The first kappa shape index (κ1) is 13.5. The fraction of sp³-hybridized carbons (Fsp3) is 0.333. The Morgan fingerprint density at radius 1 is 1.24 bits per heavy atom. The van der Waals surface area contributed by atoms with E-state index in [-0.39, 0.29) is 11.8 Å². The molecule has 92 valence electrons. The Morgan fingerprint density at radius 2 is 1.82 bits per heavy atom. The number of benzene rings is 1. The molecule has 0 spiro atoms. The summed E-state index contributed by atoms with van der Waals surface area (Å²) >= 11 is 5.72. The number of hydrogen-bond acceptors (Lipinski definition) is 2. The van der Waals surface area contributed by atoms with Crippen molar-refractivity contribution in [2.45, 2.75) is 6.42 Å². The molecule has 1 aromatic rings. The Morgan fingerprint density at radius 3 is 2.35 bits per heavy atom. The van der Waals surface area contributed by atoms with Gasteiger partial charge in [0.05, 0.1) is 0 Å². The van der Waals surface area contributed by atoms with Crippen molar-refractivity contribution in [3.8, 4) is 0 Å². The molecule has 0 aliphatic carbocycles. The number of hydrogen-bond donors (Lipinski definition) is 1. The van der Waals surface area contributed by atoms with Crippen molar-refractivity contribution in [2.24, 2.45) is 0 Å². The van der Waals surface area contributed by atoms with Gasteiger partial charge in [0, 0.05) is 37.6 Å². The summed E-state index contributed by atoms with van der Waals surface area (Å²) in [5, 5.41) is 3.26. The number of rotatable bonds is 4. The van der Waals surface area contributed by atoms with Gasteiger partial charge in [0.15, 0.2) is 0 Å². The fourth-order valence-corrected chi connectivity index (χ4v) is 1.34. The second-order valence-electron chi connectivity index (χ2n) is 3.80. The Labute approximate surface area is 106 Å². The SMILES string of the molecule is CN(C)C(=O)CCNC(=O)c1ccc(Cl)cc1. The van der Waals surface area contributed by atoms with Gasteiger partial charge >= 0.3 is 0 Å². The Bertz CT molecular complexity index is 401. The maximum absolute atomic E-state index is 11.6. The predicted octanol–water partition coefficient (Wildman–Crippen LogP) is 1.55. The number of nitrogens with one attached hydrogen (secondary N) is 1. The summed E-state index contributed by atoms with van der Waals surface area (Å²) < 4.78 is 0. The zero-order chi connectivity index (χ0) is 12.8. The van der Waals surface area contributed by atoms with Crippen LogP contribution in [0.5, 0.6) is 0 Å². The molecule has 5 heteroatoms. The first-order valence-electron chi connectivity index (χ1n) is 5.24. The molecule has 0 bridgehead atoms. The van der Waals surface area contributed by atoms with Gasteiger partial charge < -0.3 is 10.2 Å². The normalized spacial score (nSPS) is 9.82. The van der Waals surface area contributed by atoms with Gasteiger partial charge in [0.1, 0.15) is 0 Å². The zero-order valence-corrected chi connectivity index (χ0v) is 10.6. The van der Waals surface area contributed by atoms with E-state index >= 15 is 0 Å². The van der Waals surface area contributed by atoms with Crippen molar-refractivity contribution < 1.29 is 9.59 Å². The van der Waals surface area contributed by atoms with E-state index < -0.39 is 0 Å². The highest BCUT2D eigenvalue weighted by molar-refractivity contribution is 6.30. The minimum Gasteiger partial charge on any atom is -0.352 e. The highest BCUT2D eigenvalue weighted by Gasteiger charge is 2.07. The van der Waals surface area contributed by atoms with E-state index in [0.29, 0.717) is 23.6 Å². The topological polar surface area (TPSA) is 49.4 Å². The van der Waals surface area contributed by atoms with E-state index in [9.17, 15) is 9.59 Å². The zero-order valence-electron chi connectivity index (χ0n) is 9.87. The molecule has 17 heavy (non-hydrogen) atoms. The minimum absolute atomic E-state index is 0.0126. The maximum Gasteiger partial charge on any atom is 0.251 e. The Balaban J connectivity index is 2.40. The average molecular weight is 255 g/mol. The lowest BCUT2D eigenvalue weighted by molar-refractivity contribution is -0.128. The van der Waals surface area contributed by atoms with Gasteiger partial charge in [-0.3, -0.25) is 9.59 Å². The van der Waals surface area contributed by atoms with E-state index in [0.717, 1.165) is 0 Å². The Hall–Kier alpha value is -1.55. The van der Waals surface area contributed by atoms with Crippen LogP contribution in [0.2, 0.25) is 5.02 Å². The van der Waals surface area contributed by atoms with Crippen molar-refractivity contribution in [1.29, 1.82) is 0 Å². The van der Waals surface area contributed by atoms with Gasteiger partial charge in [-0.1, -0.05) is 11.6 Å². The van der Waals surface area contributed by atoms with Crippen LogP contribution in [0.1, 0.15) is 16.8 Å². The molecule has 0 heterocycles. The van der Waals surface area contributed by atoms with Gasteiger partial charge in [0.25, 0.3) is 5.91 Å². The summed E-state index contributed by atoms with van der Waals surface area (Å²) in [5.74, 6) is -0.213. The predicted molar refractivity (Wildman–Crippen MR) is 67.1 cm³/mol.